The number of nitrogens with zero attached hydrogens (tertiary/aromatic N) is 2. The maximum absolute atomic E-state index is 7.73. The fourth-order valence-corrected chi connectivity index (χ4v) is 19.5. The number of fused-ring (bicyclic) bond motifs is 15. The summed E-state index contributed by atoms with van der Waals surface area (Å²) in [4.78, 5) is 5.15. The highest BCUT2D eigenvalue weighted by Crippen LogP contribution is 2.64. The van der Waals surface area contributed by atoms with Gasteiger partial charge in [-0.25, -0.2) is 0 Å². The monoisotopic (exact) mass is 1310 g/mol. The Hall–Kier alpha value is -10.8. The van der Waals surface area contributed by atoms with Crippen LogP contribution in [0.5, 0.6) is 0 Å². The number of rotatable bonds is 12. The van der Waals surface area contributed by atoms with Gasteiger partial charge in [-0.15, -0.1) is 0 Å². The molecule has 3 nitrogen and oxygen atoms in total. The lowest BCUT2D eigenvalue weighted by molar-refractivity contribution is 0.660. The van der Waals surface area contributed by atoms with Crippen LogP contribution in [-0.4, -0.2) is 16.1 Å². The summed E-state index contributed by atoms with van der Waals surface area (Å²) in [5.41, 5.74) is 29.7. The molecule has 18 rings (SSSR count). The average Bonchev–Trinajstić information content (AvgIpc) is 1.51. The van der Waals surface area contributed by atoms with E-state index in [1.165, 1.54) is 110 Å². The summed E-state index contributed by atoms with van der Waals surface area (Å²) in [6.07, 6.45) is 0. The second-order valence-corrected chi connectivity index (χ2v) is 40.5. The minimum Gasteiger partial charge on any atom is -0.455 e. The van der Waals surface area contributed by atoms with Crippen LogP contribution in [0.2, 0.25) is 39.3 Å². The van der Waals surface area contributed by atoms with Crippen LogP contribution < -0.4 is 20.2 Å². The van der Waals surface area contributed by atoms with Crippen molar-refractivity contribution in [1.82, 2.24) is 0 Å². The third-order valence-corrected chi connectivity index (χ3v) is 26.4. The zero-order chi connectivity index (χ0) is 67.3. The van der Waals surface area contributed by atoms with Gasteiger partial charge in [-0.1, -0.05) is 295 Å². The van der Waals surface area contributed by atoms with Crippen molar-refractivity contribution in [3.63, 3.8) is 0 Å². The first kappa shape index (κ1) is 60.6. The number of para-hydroxylation sites is 1. The molecule has 0 saturated carbocycles. The summed E-state index contributed by atoms with van der Waals surface area (Å²) in [6, 6.07) is 115. The van der Waals surface area contributed by atoms with E-state index >= 15 is 0 Å². The highest BCUT2D eigenvalue weighted by atomic mass is 28.3. The van der Waals surface area contributed by atoms with Gasteiger partial charge in [0.2, 0.25) is 0 Å². The van der Waals surface area contributed by atoms with Gasteiger partial charge in [0.15, 0.2) is 0 Å². The van der Waals surface area contributed by atoms with Gasteiger partial charge in [-0.2, -0.15) is 0 Å². The van der Waals surface area contributed by atoms with Gasteiger partial charge in [0.25, 0.3) is 0 Å². The Morgan fingerprint density at radius 3 is 1.33 bits per heavy atom. The van der Waals surface area contributed by atoms with Crippen molar-refractivity contribution >= 4 is 93.4 Å². The molecular weight excluding hydrogens is 1230 g/mol. The number of benzene rings is 14. The molecule has 3 aliphatic carbocycles. The molecule has 0 fully saturated rings. The summed E-state index contributed by atoms with van der Waals surface area (Å²) in [5, 5.41) is 7.34. The molecule has 0 N–H and O–H groups in total. The average molecular weight is 1310 g/mol. The van der Waals surface area contributed by atoms with Crippen molar-refractivity contribution in [2.75, 3.05) is 9.80 Å². The number of anilines is 6. The topological polar surface area (TPSA) is 19.6 Å². The third-order valence-electron chi connectivity index (χ3n) is 22.3. The predicted molar refractivity (Wildman–Crippen MR) is 425 cm³/mol. The second kappa shape index (κ2) is 22.6. The van der Waals surface area contributed by atoms with Gasteiger partial charge in [0, 0.05) is 50.4 Å². The fraction of sp³-hybridized carbons (Fsp3) is 0.128. The zero-order valence-electron chi connectivity index (χ0n) is 57.7. The second-order valence-electron chi connectivity index (χ2n) is 30.4. The molecule has 0 bridgehead atoms. The van der Waals surface area contributed by atoms with E-state index in [0.29, 0.717) is 0 Å². The first-order valence-electron chi connectivity index (χ1n) is 35.2. The minimum atomic E-state index is -1.72. The van der Waals surface area contributed by atoms with Crippen molar-refractivity contribution in [3.05, 3.63) is 348 Å². The van der Waals surface area contributed by atoms with E-state index in [2.05, 4.69) is 373 Å². The van der Waals surface area contributed by atoms with Crippen LogP contribution >= 0.6 is 0 Å². The molecule has 0 amide bonds. The Kier molecular flexibility index (Phi) is 13.8. The van der Waals surface area contributed by atoms with E-state index < -0.39 is 21.6 Å². The van der Waals surface area contributed by atoms with E-state index in [4.69, 9.17) is 4.42 Å². The van der Waals surface area contributed by atoms with Gasteiger partial charge in [-0.3, -0.25) is 0 Å². The van der Waals surface area contributed by atoms with Crippen LogP contribution in [-0.2, 0) is 10.8 Å². The van der Waals surface area contributed by atoms with Gasteiger partial charge in [0.1, 0.15) is 11.2 Å². The molecule has 1 heterocycles. The minimum absolute atomic E-state index is 0.177. The fourth-order valence-electron chi connectivity index (χ4n) is 17.2. The molecule has 99 heavy (non-hydrogen) atoms. The van der Waals surface area contributed by atoms with E-state index in [-0.39, 0.29) is 11.3 Å². The van der Waals surface area contributed by atoms with Crippen molar-refractivity contribution in [2.24, 2.45) is 0 Å². The highest BCUT2D eigenvalue weighted by molar-refractivity contribution is 6.89. The lowest BCUT2D eigenvalue weighted by Gasteiger charge is -2.36. The Labute approximate surface area is 584 Å². The molecule has 478 valence electrons. The molecule has 15 aromatic rings. The van der Waals surface area contributed by atoms with E-state index in [0.717, 1.165) is 67.0 Å². The lowest BCUT2D eigenvalue weighted by atomic mass is 9.67. The first-order valence-corrected chi connectivity index (χ1v) is 42.2. The van der Waals surface area contributed by atoms with Crippen LogP contribution in [0.3, 0.4) is 0 Å². The lowest BCUT2D eigenvalue weighted by Crippen LogP contribution is -2.37. The van der Waals surface area contributed by atoms with Crippen molar-refractivity contribution < 1.29 is 4.42 Å². The summed E-state index contributed by atoms with van der Waals surface area (Å²) >= 11 is 0. The molecule has 0 saturated heterocycles. The predicted octanol–water partition coefficient (Wildman–Crippen LogP) is 24.9. The Morgan fingerprint density at radius 2 is 0.758 bits per heavy atom. The highest BCUT2D eigenvalue weighted by Gasteiger charge is 2.50. The summed E-state index contributed by atoms with van der Waals surface area (Å²) < 4.78 is 7.73. The maximum atomic E-state index is 7.73. The molecule has 0 spiro atoms. The van der Waals surface area contributed by atoms with Gasteiger partial charge >= 0.3 is 0 Å². The Morgan fingerprint density at radius 1 is 0.333 bits per heavy atom. The molecule has 5 heteroatoms. The molecule has 1 unspecified atom stereocenters. The van der Waals surface area contributed by atoms with Crippen molar-refractivity contribution in [3.8, 4) is 55.6 Å². The van der Waals surface area contributed by atoms with Gasteiger partial charge in [-0.05, 0) is 179 Å². The van der Waals surface area contributed by atoms with Crippen molar-refractivity contribution in [2.45, 2.75) is 76.8 Å². The third kappa shape index (κ3) is 9.41. The quantitative estimate of drug-likeness (QED) is 0.114. The van der Waals surface area contributed by atoms with Crippen LogP contribution in [0.25, 0.3) is 88.3 Å². The molecule has 1 aromatic heterocycles. The molecule has 0 aliphatic heterocycles. The molecule has 14 aromatic carbocycles. The Bertz CT molecular complexity index is 5680. The summed E-state index contributed by atoms with van der Waals surface area (Å²) in [6.45, 7) is 21.9. The van der Waals surface area contributed by atoms with Crippen LogP contribution in [0.4, 0.5) is 34.1 Å². The normalized spacial score (nSPS) is 14.6. The SMILES string of the molecule is CC1c2cc(-c3ccccc3)ccc2-c2ccc(N(c3ccc([Si](C)(C)C)cc3)c3cc4c(c5ccccc35)-c3c(cc(N(c5ccc([Si](C)(C)C)cc5)c5ccc6c(c5)C(C)(C)c5cc(-c7ccccc7)ccc5-6)c5c3oc3ccccc35)C4(c3ccccc3)c3ccccc3)cc21. The first-order chi connectivity index (χ1) is 48.0. The number of hydrogen-bond donors (Lipinski definition) is 0. The zero-order valence-corrected chi connectivity index (χ0v) is 59.7. The van der Waals surface area contributed by atoms with Gasteiger partial charge < -0.3 is 14.2 Å². The van der Waals surface area contributed by atoms with Crippen LogP contribution in [0, 0.1) is 0 Å². The van der Waals surface area contributed by atoms with Crippen LogP contribution in [0.1, 0.15) is 71.2 Å². The molecule has 3 aliphatic rings. The number of hydrogen-bond acceptors (Lipinski definition) is 3. The van der Waals surface area contributed by atoms with Gasteiger partial charge in [0.05, 0.1) is 38.3 Å². The van der Waals surface area contributed by atoms with E-state index in [1.54, 1.807) is 0 Å². The summed E-state index contributed by atoms with van der Waals surface area (Å²) in [7, 11) is -3.42. The molecule has 1 atom stereocenters. The van der Waals surface area contributed by atoms with E-state index in [1.807, 2.05) is 0 Å². The largest absolute Gasteiger partial charge is 0.455 e. The number of furan rings is 1. The maximum Gasteiger partial charge on any atom is 0.145 e. The van der Waals surface area contributed by atoms with Crippen LogP contribution in [0.15, 0.2) is 308 Å². The Balaban J connectivity index is 0.916. The molecular formula is C94H78N2OSi2. The standard InChI is InChI=1S/C94H78N2OSi2/c1-60-80-54-63(61-26-14-10-15-27-61)38-50-73(80)74-52-44-69(56-81(60)74)95(67-40-46-71(47-41-67)98(4,5)6)86-58-84-89(78-35-23-22-34-77(78)86)91-85(94(84,65-30-18-12-19-31-65)66-32-20-13-21-33-66)59-87(90-79-36-24-25-37-88(79)97-92(90)91)96(68-42-48-72(49-43-68)99(7,8)9)70-45-53-76-75-51-39-64(62-28-16-11-17-29-62)55-82(75)93(2,3)83(76)57-70/h10-60H,1-9H3. The van der Waals surface area contributed by atoms with E-state index in [9.17, 15) is 0 Å². The molecule has 0 radical (unpaired) electrons. The summed E-state index contributed by atoms with van der Waals surface area (Å²) in [5.74, 6) is 0.177. The smallest absolute Gasteiger partial charge is 0.145 e. The van der Waals surface area contributed by atoms with Crippen molar-refractivity contribution in [1.29, 1.82) is 0 Å².